The summed E-state index contributed by atoms with van der Waals surface area (Å²) in [5, 5.41) is 7.88. The zero-order valence-corrected chi connectivity index (χ0v) is 19.2. The number of anilines is 1. The molecule has 1 aliphatic carbocycles. The molecule has 1 amide bonds. The molecule has 1 aliphatic rings. The lowest BCUT2D eigenvalue weighted by Crippen LogP contribution is -2.40. The number of benzene rings is 2. The average molecular weight is 453 g/mol. The number of nitrogens with zero attached hydrogens (tertiary/aromatic N) is 2. The molecule has 2 aromatic carbocycles. The average Bonchev–Trinajstić information content (AvgIpc) is 2.87. The summed E-state index contributed by atoms with van der Waals surface area (Å²) in [6.45, 7) is 2.02. The summed E-state index contributed by atoms with van der Waals surface area (Å²) >= 11 is 0. The molecule has 172 valence electrons. The molecule has 0 unspecified atom stereocenters. The first kappa shape index (κ1) is 21.9. The molecule has 0 atom stereocenters. The number of rotatable bonds is 6. The van der Waals surface area contributed by atoms with Crippen molar-refractivity contribution in [1.82, 2.24) is 15.3 Å². The lowest BCUT2D eigenvalue weighted by Gasteiger charge is -2.30. The fourth-order valence-electron chi connectivity index (χ4n) is 4.36. The van der Waals surface area contributed by atoms with E-state index in [2.05, 4.69) is 27.8 Å². The van der Waals surface area contributed by atoms with E-state index in [0.717, 1.165) is 48.0 Å². The van der Waals surface area contributed by atoms with Crippen molar-refractivity contribution in [1.29, 1.82) is 0 Å². The van der Waals surface area contributed by atoms with E-state index in [4.69, 9.17) is 9.72 Å². The van der Waals surface area contributed by atoms with Crippen molar-refractivity contribution in [3.63, 3.8) is 0 Å². The third-order valence-corrected chi connectivity index (χ3v) is 6.26. The first-order chi connectivity index (χ1) is 16.6. The fourth-order valence-corrected chi connectivity index (χ4v) is 4.36. The number of carbonyl (C=O) groups excluding carboxylic acids is 1. The Labute approximate surface area is 199 Å². The van der Waals surface area contributed by atoms with E-state index in [1.165, 1.54) is 0 Å². The minimum absolute atomic E-state index is 0.127. The highest BCUT2D eigenvalue weighted by Crippen LogP contribution is 2.26. The van der Waals surface area contributed by atoms with Gasteiger partial charge < -0.3 is 15.4 Å². The summed E-state index contributed by atoms with van der Waals surface area (Å²) in [4.78, 5) is 22.0. The molecule has 2 aromatic heterocycles. The molecule has 0 spiro atoms. The molecule has 6 heteroatoms. The zero-order valence-electron chi connectivity index (χ0n) is 19.2. The van der Waals surface area contributed by atoms with E-state index in [0.29, 0.717) is 23.2 Å². The molecule has 0 saturated heterocycles. The number of pyridine rings is 2. The highest BCUT2D eigenvalue weighted by molar-refractivity contribution is 5.96. The van der Waals surface area contributed by atoms with Crippen LogP contribution < -0.4 is 15.4 Å². The van der Waals surface area contributed by atoms with E-state index < -0.39 is 0 Å². The Morgan fingerprint density at radius 1 is 0.882 bits per heavy atom. The van der Waals surface area contributed by atoms with Crippen molar-refractivity contribution >= 4 is 22.6 Å². The van der Waals surface area contributed by atoms with Gasteiger partial charge in [0.1, 0.15) is 17.1 Å². The van der Waals surface area contributed by atoms with Crippen LogP contribution in [0.2, 0.25) is 0 Å². The van der Waals surface area contributed by atoms with Crippen LogP contribution in [0.1, 0.15) is 41.6 Å². The van der Waals surface area contributed by atoms with Crippen molar-refractivity contribution in [2.24, 2.45) is 0 Å². The van der Waals surface area contributed by atoms with Crippen LogP contribution in [0, 0.1) is 6.92 Å². The summed E-state index contributed by atoms with van der Waals surface area (Å²) in [6, 6.07) is 23.9. The number of aromatic nitrogens is 2. The van der Waals surface area contributed by atoms with E-state index in [9.17, 15) is 4.79 Å². The molecule has 0 aliphatic heterocycles. The van der Waals surface area contributed by atoms with Gasteiger partial charge in [-0.2, -0.15) is 0 Å². The number of carbonyl (C=O) groups is 1. The van der Waals surface area contributed by atoms with Crippen LogP contribution in [0.5, 0.6) is 11.6 Å². The van der Waals surface area contributed by atoms with Gasteiger partial charge in [-0.1, -0.05) is 35.9 Å². The number of amides is 1. The number of fused-ring (bicyclic) bond motifs is 1. The molecule has 34 heavy (non-hydrogen) atoms. The quantitative estimate of drug-likeness (QED) is 0.382. The molecule has 1 saturated carbocycles. The van der Waals surface area contributed by atoms with E-state index in [1.54, 1.807) is 18.3 Å². The van der Waals surface area contributed by atoms with Gasteiger partial charge >= 0.3 is 0 Å². The lowest BCUT2D eigenvalue weighted by molar-refractivity contribution is 0.0923. The number of hydrogen-bond acceptors (Lipinski definition) is 5. The Balaban J connectivity index is 1.17. The summed E-state index contributed by atoms with van der Waals surface area (Å²) in [6.07, 6.45) is 5.40. The molecule has 5 rings (SSSR count). The van der Waals surface area contributed by atoms with E-state index in [-0.39, 0.29) is 11.9 Å². The fraction of sp³-hybridized carbons (Fsp3) is 0.250. The smallest absolute Gasteiger partial charge is 0.257 e. The van der Waals surface area contributed by atoms with Crippen LogP contribution in [0.25, 0.3) is 10.9 Å². The van der Waals surface area contributed by atoms with Crippen molar-refractivity contribution in [2.45, 2.75) is 44.7 Å². The van der Waals surface area contributed by atoms with Crippen LogP contribution in [0.4, 0.5) is 5.82 Å². The second-order valence-electron chi connectivity index (χ2n) is 8.83. The maximum atomic E-state index is 13.0. The Kier molecular flexibility index (Phi) is 6.38. The number of nitrogens with one attached hydrogen (secondary N) is 2. The number of hydrogen-bond donors (Lipinski definition) is 2. The third kappa shape index (κ3) is 5.17. The Hall–Kier alpha value is -3.93. The van der Waals surface area contributed by atoms with Gasteiger partial charge in [0.05, 0.1) is 5.52 Å². The van der Waals surface area contributed by atoms with Crippen molar-refractivity contribution in [3.8, 4) is 11.6 Å². The van der Waals surface area contributed by atoms with Gasteiger partial charge in [-0.25, -0.2) is 9.97 Å². The summed E-state index contributed by atoms with van der Waals surface area (Å²) in [5.41, 5.74) is 2.59. The number of ether oxygens (including phenoxy) is 1. The normalized spacial score (nSPS) is 17.8. The highest BCUT2D eigenvalue weighted by atomic mass is 16.5. The molecular weight excluding hydrogens is 424 g/mol. The minimum atomic E-state index is -0.150. The van der Waals surface area contributed by atoms with Crippen LogP contribution in [-0.4, -0.2) is 28.0 Å². The molecule has 0 radical (unpaired) electrons. The van der Waals surface area contributed by atoms with E-state index in [1.807, 2.05) is 55.5 Å². The van der Waals surface area contributed by atoms with Crippen molar-refractivity contribution in [3.05, 3.63) is 90.1 Å². The maximum absolute atomic E-state index is 13.0. The zero-order chi connectivity index (χ0) is 23.3. The monoisotopic (exact) mass is 452 g/mol. The molecular formula is C28H28N4O2. The van der Waals surface area contributed by atoms with E-state index >= 15 is 0 Å². The molecule has 1 fully saturated rings. The first-order valence-corrected chi connectivity index (χ1v) is 11.8. The summed E-state index contributed by atoms with van der Waals surface area (Å²) < 4.78 is 5.90. The molecule has 2 heterocycles. The molecule has 6 nitrogen and oxygen atoms in total. The van der Waals surface area contributed by atoms with Crippen molar-refractivity contribution in [2.75, 3.05) is 5.32 Å². The third-order valence-electron chi connectivity index (χ3n) is 6.26. The van der Waals surface area contributed by atoms with Crippen molar-refractivity contribution < 1.29 is 9.53 Å². The molecule has 2 N–H and O–H groups in total. The summed E-state index contributed by atoms with van der Waals surface area (Å²) in [7, 11) is 0. The summed E-state index contributed by atoms with van der Waals surface area (Å²) in [5.74, 6) is 1.73. The van der Waals surface area contributed by atoms with Gasteiger partial charge in [0.2, 0.25) is 5.88 Å². The van der Waals surface area contributed by atoms with Crippen LogP contribution in [0.3, 0.4) is 0 Å². The highest BCUT2D eigenvalue weighted by Gasteiger charge is 2.24. The largest absolute Gasteiger partial charge is 0.438 e. The van der Waals surface area contributed by atoms with Crippen LogP contribution in [-0.2, 0) is 0 Å². The topological polar surface area (TPSA) is 76.1 Å². The lowest BCUT2D eigenvalue weighted by atomic mass is 9.91. The van der Waals surface area contributed by atoms with Gasteiger partial charge in [0.15, 0.2) is 0 Å². The van der Waals surface area contributed by atoms with Crippen LogP contribution in [0.15, 0.2) is 79.0 Å². The second kappa shape index (κ2) is 9.91. The standard InChI is InChI=1S/C28H28N4O2/c1-19-8-15-23(16-9-19)34-28-24(6-4-18-29-28)27(33)31-22-13-11-21(12-14-22)30-26-17-10-20-5-2-3-7-25(20)32-26/h2-10,15-18,21-22H,11-14H2,1H3,(H,30,32)(H,31,33)/t21-,22+. The van der Waals surface area contributed by atoms with Gasteiger partial charge in [-0.3, -0.25) is 4.79 Å². The predicted molar refractivity (Wildman–Crippen MR) is 134 cm³/mol. The second-order valence-corrected chi connectivity index (χ2v) is 8.83. The van der Waals surface area contributed by atoms with Gasteiger partial charge in [0.25, 0.3) is 5.91 Å². The molecule has 4 aromatic rings. The number of para-hydroxylation sites is 1. The first-order valence-electron chi connectivity index (χ1n) is 11.8. The predicted octanol–water partition coefficient (Wildman–Crippen LogP) is 5.88. The van der Waals surface area contributed by atoms with Gasteiger partial charge in [-0.05, 0) is 75.1 Å². The minimum Gasteiger partial charge on any atom is -0.438 e. The van der Waals surface area contributed by atoms with Gasteiger partial charge in [0, 0.05) is 23.7 Å². The Morgan fingerprint density at radius 2 is 1.65 bits per heavy atom. The van der Waals surface area contributed by atoms with Gasteiger partial charge in [-0.15, -0.1) is 0 Å². The van der Waals surface area contributed by atoms with Crippen LogP contribution >= 0.6 is 0 Å². The Bertz CT molecular complexity index is 1280. The number of aryl methyl sites for hydroxylation is 1. The SMILES string of the molecule is Cc1ccc(Oc2ncccc2C(=O)N[C@H]2CC[C@@H](Nc3ccc4ccccc4n3)CC2)cc1. The maximum Gasteiger partial charge on any atom is 0.257 e. The Morgan fingerprint density at radius 3 is 2.47 bits per heavy atom. The molecule has 0 bridgehead atoms.